The van der Waals surface area contributed by atoms with Crippen molar-refractivity contribution in [2.75, 3.05) is 0 Å². The number of nitrogens with zero attached hydrogens (tertiary/aromatic N) is 1. The number of Topliss-reactive ketones (excluding diaryl/α,β-unsaturated/α-hetero) is 1. The Morgan fingerprint density at radius 1 is 1.30 bits per heavy atom. The second kappa shape index (κ2) is 6.21. The number of rotatable bonds is 3. The lowest BCUT2D eigenvalue weighted by Gasteiger charge is -2.12. The van der Waals surface area contributed by atoms with Crippen LogP contribution in [-0.4, -0.2) is 5.78 Å². The number of carbonyl (C=O) groups is 1. The molecule has 100 valence electrons. The van der Waals surface area contributed by atoms with Gasteiger partial charge in [0.15, 0.2) is 5.78 Å². The quantitative estimate of drug-likeness (QED) is 0.740. The molecule has 2 aromatic rings. The molecule has 20 heavy (non-hydrogen) atoms. The van der Waals surface area contributed by atoms with E-state index in [2.05, 4.69) is 22.0 Å². The summed E-state index contributed by atoms with van der Waals surface area (Å²) in [7, 11) is 0. The van der Waals surface area contributed by atoms with Gasteiger partial charge in [-0.05, 0) is 36.2 Å². The Morgan fingerprint density at radius 2 is 2.00 bits per heavy atom. The first-order valence-electron chi connectivity index (χ1n) is 5.99. The van der Waals surface area contributed by atoms with Crippen molar-refractivity contribution in [3.05, 3.63) is 68.7 Å². The summed E-state index contributed by atoms with van der Waals surface area (Å²) in [5.41, 5.74) is 2.00. The Labute approximate surface area is 131 Å². The topological polar surface area (TPSA) is 40.9 Å². The minimum atomic E-state index is -0.846. The van der Waals surface area contributed by atoms with Crippen LogP contribution < -0.4 is 0 Å². The highest BCUT2D eigenvalue weighted by Gasteiger charge is 2.23. The second-order valence-corrected chi connectivity index (χ2v) is 5.68. The summed E-state index contributed by atoms with van der Waals surface area (Å²) in [6.07, 6.45) is 0. The molecular weight excluding hydrogens is 338 g/mol. The Morgan fingerprint density at radius 3 is 2.65 bits per heavy atom. The summed E-state index contributed by atoms with van der Waals surface area (Å²) in [6.45, 7) is 1.85. The zero-order valence-electron chi connectivity index (χ0n) is 10.7. The van der Waals surface area contributed by atoms with Crippen molar-refractivity contribution in [2.24, 2.45) is 0 Å². The van der Waals surface area contributed by atoms with Gasteiger partial charge in [0.2, 0.25) is 0 Å². The summed E-state index contributed by atoms with van der Waals surface area (Å²) in [4.78, 5) is 12.6. The molecule has 1 atom stereocenters. The molecule has 0 heterocycles. The van der Waals surface area contributed by atoms with Crippen LogP contribution in [0.3, 0.4) is 0 Å². The van der Waals surface area contributed by atoms with Crippen LogP contribution in [0.1, 0.15) is 27.4 Å². The van der Waals surface area contributed by atoms with Gasteiger partial charge in [0, 0.05) is 15.1 Å². The second-order valence-electron chi connectivity index (χ2n) is 4.39. The number of hydrogen-bond donors (Lipinski definition) is 0. The first-order valence-corrected chi connectivity index (χ1v) is 7.16. The van der Waals surface area contributed by atoms with Crippen LogP contribution in [0.15, 0.2) is 46.9 Å². The largest absolute Gasteiger partial charge is 0.292 e. The van der Waals surface area contributed by atoms with Crippen LogP contribution in [-0.2, 0) is 0 Å². The van der Waals surface area contributed by atoms with E-state index in [1.165, 1.54) is 0 Å². The molecule has 2 nitrogen and oxygen atoms in total. The number of halogens is 2. The van der Waals surface area contributed by atoms with E-state index in [9.17, 15) is 10.1 Å². The predicted octanol–water partition coefficient (Wildman–Crippen LogP) is 4.90. The van der Waals surface area contributed by atoms with Gasteiger partial charge in [-0.2, -0.15) is 5.26 Å². The lowest BCUT2D eigenvalue weighted by Crippen LogP contribution is -2.12. The Bertz CT molecular complexity index is 706. The number of carbonyl (C=O) groups excluding carboxylic acids is 1. The minimum Gasteiger partial charge on any atom is -0.292 e. The third-order valence-corrected chi connectivity index (χ3v) is 4.20. The standard InChI is InChI=1S/C16H11BrClNO/c1-10-13(6-3-7-15(10)17)16(20)14(9-19)11-4-2-5-12(18)8-11/h2-8,14H,1H3. The van der Waals surface area contributed by atoms with Crippen LogP contribution in [0.25, 0.3) is 0 Å². The number of hydrogen-bond acceptors (Lipinski definition) is 2. The summed E-state index contributed by atoms with van der Waals surface area (Å²) >= 11 is 9.32. The predicted molar refractivity (Wildman–Crippen MR) is 83.0 cm³/mol. The van der Waals surface area contributed by atoms with Crippen molar-refractivity contribution in [1.29, 1.82) is 5.26 Å². The third-order valence-electron chi connectivity index (χ3n) is 3.11. The Kier molecular flexibility index (Phi) is 4.59. The van der Waals surface area contributed by atoms with Crippen molar-refractivity contribution >= 4 is 33.3 Å². The van der Waals surface area contributed by atoms with Crippen LogP contribution in [0.4, 0.5) is 0 Å². The third kappa shape index (κ3) is 2.92. The normalized spacial score (nSPS) is 11.7. The highest BCUT2D eigenvalue weighted by molar-refractivity contribution is 9.10. The maximum Gasteiger partial charge on any atom is 0.184 e. The summed E-state index contributed by atoms with van der Waals surface area (Å²) < 4.78 is 0.853. The van der Waals surface area contributed by atoms with Gasteiger partial charge in [0.1, 0.15) is 5.92 Å². The Balaban J connectivity index is 2.45. The van der Waals surface area contributed by atoms with Gasteiger partial charge < -0.3 is 0 Å². The zero-order chi connectivity index (χ0) is 14.7. The van der Waals surface area contributed by atoms with Gasteiger partial charge >= 0.3 is 0 Å². The molecule has 0 amide bonds. The van der Waals surface area contributed by atoms with Crippen LogP contribution in [0.2, 0.25) is 5.02 Å². The molecule has 0 saturated heterocycles. The lowest BCUT2D eigenvalue weighted by molar-refractivity contribution is 0.0978. The molecule has 4 heteroatoms. The molecule has 0 fully saturated rings. The van der Waals surface area contributed by atoms with E-state index in [-0.39, 0.29) is 5.78 Å². The number of nitriles is 1. The molecule has 0 N–H and O–H groups in total. The summed E-state index contributed by atoms with van der Waals surface area (Å²) in [5.74, 6) is -1.06. The van der Waals surface area contributed by atoms with Crippen LogP contribution in [0.5, 0.6) is 0 Å². The molecule has 0 aromatic heterocycles. The zero-order valence-corrected chi connectivity index (χ0v) is 13.1. The fraction of sp³-hybridized carbons (Fsp3) is 0.125. The number of benzene rings is 2. The molecule has 2 rings (SSSR count). The SMILES string of the molecule is Cc1c(Br)cccc1C(=O)C(C#N)c1cccc(Cl)c1. The highest BCUT2D eigenvalue weighted by Crippen LogP contribution is 2.27. The molecule has 0 spiro atoms. The van der Waals surface area contributed by atoms with E-state index < -0.39 is 5.92 Å². The van der Waals surface area contributed by atoms with Gasteiger partial charge in [0.25, 0.3) is 0 Å². The molecule has 2 aromatic carbocycles. The summed E-state index contributed by atoms with van der Waals surface area (Å²) in [5, 5.41) is 9.85. The maximum atomic E-state index is 12.6. The van der Waals surface area contributed by atoms with E-state index in [0.717, 1.165) is 10.0 Å². The first kappa shape index (κ1) is 14.8. The van der Waals surface area contributed by atoms with Gasteiger partial charge in [-0.1, -0.05) is 51.8 Å². The van der Waals surface area contributed by atoms with Crippen molar-refractivity contribution in [3.63, 3.8) is 0 Å². The van der Waals surface area contributed by atoms with Crippen LogP contribution in [0, 0.1) is 18.3 Å². The van der Waals surface area contributed by atoms with Crippen molar-refractivity contribution in [3.8, 4) is 6.07 Å². The van der Waals surface area contributed by atoms with E-state index in [4.69, 9.17) is 11.6 Å². The van der Waals surface area contributed by atoms with Crippen molar-refractivity contribution in [1.82, 2.24) is 0 Å². The average molecular weight is 349 g/mol. The fourth-order valence-electron chi connectivity index (χ4n) is 2.00. The lowest BCUT2D eigenvalue weighted by atomic mass is 9.90. The molecular formula is C16H11BrClNO. The van der Waals surface area contributed by atoms with Gasteiger partial charge in [-0.15, -0.1) is 0 Å². The molecule has 0 aliphatic carbocycles. The van der Waals surface area contributed by atoms with Gasteiger partial charge in [0.05, 0.1) is 6.07 Å². The molecule has 1 unspecified atom stereocenters. The highest BCUT2D eigenvalue weighted by atomic mass is 79.9. The first-order chi connectivity index (χ1) is 9.54. The van der Waals surface area contributed by atoms with Gasteiger partial charge in [-0.3, -0.25) is 4.79 Å². The molecule has 0 aliphatic heterocycles. The fourth-order valence-corrected chi connectivity index (χ4v) is 2.57. The Hall–Kier alpha value is -1.63. The molecule has 0 radical (unpaired) electrons. The molecule has 0 bridgehead atoms. The van der Waals surface area contributed by atoms with E-state index in [1.807, 2.05) is 13.0 Å². The molecule has 0 saturated carbocycles. The van der Waals surface area contributed by atoms with Crippen molar-refractivity contribution in [2.45, 2.75) is 12.8 Å². The van der Waals surface area contributed by atoms with E-state index in [0.29, 0.717) is 16.1 Å². The minimum absolute atomic E-state index is 0.214. The summed E-state index contributed by atoms with van der Waals surface area (Å²) in [6, 6.07) is 14.3. The smallest absolute Gasteiger partial charge is 0.184 e. The van der Waals surface area contributed by atoms with Crippen LogP contribution >= 0.6 is 27.5 Å². The van der Waals surface area contributed by atoms with E-state index >= 15 is 0 Å². The van der Waals surface area contributed by atoms with E-state index in [1.54, 1.807) is 36.4 Å². The van der Waals surface area contributed by atoms with Crippen molar-refractivity contribution < 1.29 is 4.79 Å². The average Bonchev–Trinajstić information content (AvgIpc) is 2.42. The maximum absolute atomic E-state index is 12.6. The molecule has 0 aliphatic rings. The monoisotopic (exact) mass is 347 g/mol. The van der Waals surface area contributed by atoms with Gasteiger partial charge in [-0.25, -0.2) is 0 Å². The number of ketones is 1.